The van der Waals surface area contributed by atoms with Gasteiger partial charge in [0, 0.05) is 17.3 Å². The second kappa shape index (κ2) is 12.1. The summed E-state index contributed by atoms with van der Waals surface area (Å²) in [6, 6.07) is 16.0. The minimum Gasteiger partial charge on any atom is -0.462 e. The first-order valence-electron chi connectivity index (χ1n) is 12.1. The van der Waals surface area contributed by atoms with Gasteiger partial charge in [0.15, 0.2) is 5.11 Å². The number of hydrogen-bond donors (Lipinski definition) is 1. The van der Waals surface area contributed by atoms with E-state index in [1.165, 1.54) is 41.3 Å². The van der Waals surface area contributed by atoms with Crippen LogP contribution >= 0.6 is 23.8 Å². The summed E-state index contributed by atoms with van der Waals surface area (Å²) in [5.74, 6) is -1.67. The number of carbonyl (C=O) groups is 3. The third-order valence-corrected chi connectivity index (χ3v) is 6.74. The Morgan fingerprint density at radius 2 is 1.73 bits per heavy atom. The smallest absolute Gasteiger partial charge is 0.416 e. The van der Waals surface area contributed by atoms with Crippen LogP contribution in [0, 0.1) is 0 Å². The Kier molecular flexibility index (Phi) is 8.75. The van der Waals surface area contributed by atoms with E-state index in [1.807, 2.05) is 0 Å². The molecule has 1 atom stereocenters. The molecule has 0 radical (unpaired) electrons. The van der Waals surface area contributed by atoms with E-state index in [4.69, 9.17) is 28.6 Å². The van der Waals surface area contributed by atoms with Gasteiger partial charge in [-0.1, -0.05) is 29.8 Å². The summed E-state index contributed by atoms with van der Waals surface area (Å²) in [6.07, 6.45) is -4.95. The lowest BCUT2D eigenvalue weighted by molar-refractivity contribution is -0.137. The van der Waals surface area contributed by atoms with Crippen molar-refractivity contribution in [3.05, 3.63) is 94.5 Å². The molecule has 4 rings (SSSR count). The summed E-state index contributed by atoms with van der Waals surface area (Å²) in [4.78, 5) is 41.0. The summed E-state index contributed by atoms with van der Waals surface area (Å²) in [7, 11) is 0. The van der Waals surface area contributed by atoms with Gasteiger partial charge in [-0.3, -0.25) is 14.5 Å². The van der Waals surface area contributed by atoms with E-state index in [2.05, 4.69) is 5.32 Å². The zero-order chi connectivity index (χ0) is 29.0. The molecule has 1 aliphatic heterocycles. The Morgan fingerprint density at radius 3 is 2.35 bits per heavy atom. The zero-order valence-corrected chi connectivity index (χ0v) is 22.6. The van der Waals surface area contributed by atoms with Crippen molar-refractivity contribution in [2.45, 2.75) is 32.1 Å². The van der Waals surface area contributed by atoms with Crippen LogP contribution in [0.1, 0.15) is 34.8 Å². The van der Waals surface area contributed by atoms with Gasteiger partial charge >= 0.3 is 12.1 Å². The van der Waals surface area contributed by atoms with Crippen LogP contribution in [0.5, 0.6) is 0 Å². The highest BCUT2D eigenvalue weighted by Gasteiger charge is 2.44. The topological polar surface area (TPSA) is 78.9 Å². The molecule has 208 valence electrons. The van der Waals surface area contributed by atoms with Crippen molar-refractivity contribution in [1.29, 1.82) is 0 Å². The number of benzene rings is 3. The molecule has 1 saturated heterocycles. The predicted octanol–water partition coefficient (Wildman–Crippen LogP) is 6.07. The van der Waals surface area contributed by atoms with E-state index in [9.17, 15) is 27.6 Å². The molecule has 1 fully saturated rings. The molecule has 1 N–H and O–H groups in total. The van der Waals surface area contributed by atoms with E-state index in [0.717, 1.165) is 22.6 Å². The molecule has 1 aliphatic rings. The number of thiocarbonyl (C=S) groups is 1. The first kappa shape index (κ1) is 29.0. The predicted molar refractivity (Wildman–Crippen MR) is 148 cm³/mol. The van der Waals surface area contributed by atoms with Gasteiger partial charge in [-0.25, -0.2) is 4.79 Å². The average molecular weight is 590 g/mol. The van der Waals surface area contributed by atoms with Crippen LogP contribution in [0.4, 0.5) is 24.5 Å². The molecule has 0 aliphatic carbocycles. The first-order valence-corrected chi connectivity index (χ1v) is 12.9. The maximum atomic E-state index is 13.6. The van der Waals surface area contributed by atoms with Crippen LogP contribution in [0.2, 0.25) is 5.02 Å². The van der Waals surface area contributed by atoms with Crippen molar-refractivity contribution in [2.75, 3.05) is 16.8 Å². The number of alkyl halides is 3. The molecule has 2 amide bonds. The number of carbonyl (C=O) groups excluding carboxylic acids is 3. The van der Waals surface area contributed by atoms with Crippen LogP contribution in [-0.4, -0.2) is 40.4 Å². The number of hydrogen-bond acceptors (Lipinski definition) is 5. The molecule has 3 aromatic carbocycles. The summed E-state index contributed by atoms with van der Waals surface area (Å²) in [6.45, 7) is 2.02. The first-order chi connectivity index (χ1) is 19.0. The summed E-state index contributed by atoms with van der Waals surface area (Å²) >= 11 is 11.5. The van der Waals surface area contributed by atoms with Gasteiger partial charge in [0.1, 0.15) is 6.04 Å². The Labute approximate surface area is 238 Å². The molecule has 0 aromatic heterocycles. The Balaban J connectivity index is 1.58. The summed E-state index contributed by atoms with van der Waals surface area (Å²) < 4.78 is 45.1. The maximum Gasteiger partial charge on any atom is 0.416 e. The fourth-order valence-electron chi connectivity index (χ4n) is 4.15. The normalized spacial score (nSPS) is 15.4. The Morgan fingerprint density at radius 1 is 1.05 bits per heavy atom. The van der Waals surface area contributed by atoms with Crippen LogP contribution in [0.25, 0.3) is 0 Å². The van der Waals surface area contributed by atoms with E-state index in [-0.39, 0.29) is 30.4 Å². The number of ether oxygens (including phenoxy) is 1. The van der Waals surface area contributed by atoms with Crippen molar-refractivity contribution in [2.24, 2.45) is 0 Å². The lowest BCUT2D eigenvalue weighted by Crippen LogP contribution is -2.37. The van der Waals surface area contributed by atoms with Crippen LogP contribution in [0.3, 0.4) is 0 Å². The second-order valence-electron chi connectivity index (χ2n) is 8.82. The van der Waals surface area contributed by atoms with Gasteiger partial charge in [0.2, 0.25) is 5.91 Å². The Bertz CT molecular complexity index is 1430. The van der Waals surface area contributed by atoms with Crippen molar-refractivity contribution in [3.8, 4) is 0 Å². The summed E-state index contributed by atoms with van der Waals surface area (Å²) in [5.41, 5.74) is 0.429. The van der Waals surface area contributed by atoms with Gasteiger partial charge in [-0.05, 0) is 79.3 Å². The fraction of sp³-hybridized carbons (Fsp3) is 0.214. The van der Waals surface area contributed by atoms with E-state index in [0.29, 0.717) is 16.3 Å². The van der Waals surface area contributed by atoms with Crippen molar-refractivity contribution < 1.29 is 32.3 Å². The maximum absolute atomic E-state index is 13.6. The molecule has 1 unspecified atom stereocenters. The number of anilines is 2. The van der Waals surface area contributed by atoms with Crippen LogP contribution in [-0.2, 0) is 27.0 Å². The quantitative estimate of drug-likeness (QED) is 0.254. The summed E-state index contributed by atoms with van der Waals surface area (Å²) in [5, 5.41) is 3.15. The number of halogens is 4. The number of amides is 2. The number of nitrogens with one attached hydrogen (secondary N) is 1. The third-order valence-electron chi connectivity index (χ3n) is 6.08. The van der Waals surface area contributed by atoms with Crippen molar-refractivity contribution >= 4 is 58.1 Å². The highest BCUT2D eigenvalue weighted by atomic mass is 35.5. The molecule has 7 nitrogen and oxygen atoms in total. The van der Waals surface area contributed by atoms with Gasteiger partial charge in [0.25, 0.3) is 5.91 Å². The number of esters is 1. The third kappa shape index (κ3) is 6.60. The van der Waals surface area contributed by atoms with Gasteiger partial charge in [-0.2, -0.15) is 13.2 Å². The monoisotopic (exact) mass is 589 g/mol. The lowest BCUT2D eigenvalue weighted by atomic mass is 10.1. The van der Waals surface area contributed by atoms with Gasteiger partial charge < -0.3 is 15.0 Å². The van der Waals surface area contributed by atoms with Gasteiger partial charge in [-0.15, -0.1) is 0 Å². The van der Waals surface area contributed by atoms with E-state index in [1.54, 1.807) is 31.2 Å². The SMILES string of the molecule is CCOC(=O)c1ccc(NC(=O)CC2C(=O)N(c3cccc(C(F)(F)F)c3)C(=S)N2Cc2ccc(Cl)cc2)cc1. The van der Waals surface area contributed by atoms with Crippen LogP contribution in [0.15, 0.2) is 72.8 Å². The number of rotatable bonds is 8. The molecule has 0 saturated carbocycles. The minimum atomic E-state index is -4.62. The fourth-order valence-corrected chi connectivity index (χ4v) is 4.66. The molecule has 3 aromatic rings. The van der Waals surface area contributed by atoms with Crippen molar-refractivity contribution in [3.63, 3.8) is 0 Å². The molecule has 0 spiro atoms. The second-order valence-corrected chi connectivity index (χ2v) is 9.63. The average Bonchev–Trinajstić information content (AvgIpc) is 3.13. The molecule has 0 bridgehead atoms. The molecule has 40 heavy (non-hydrogen) atoms. The highest BCUT2D eigenvalue weighted by molar-refractivity contribution is 7.80. The van der Waals surface area contributed by atoms with E-state index < -0.39 is 35.6 Å². The molecule has 1 heterocycles. The standard InChI is InChI=1S/C28H23ClF3N3O4S/c1-2-39-26(38)18-8-12-21(13-9-18)33-24(36)15-23-25(37)35(22-5-3-4-19(14-22)28(30,31)32)27(40)34(23)16-17-6-10-20(29)11-7-17/h3-14,23H,2,15-16H2,1H3,(H,33,36). The zero-order valence-electron chi connectivity index (χ0n) is 21.1. The molecular weight excluding hydrogens is 567 g/mol. The Hall–Kier alpha value is -3.96. The molecule has 12 heteroatoms. The lowest BCUT2D eigenvalue weighted by Gasteiger charge is -2.24. The number of nitrogens with zero attached hydrogens (tertiary/aromatic N) is 2. The largest absolute Gasteiger partial charge is 0.462 e. The molecular formula is C28H23ClF3N3O4S. The van der Waals surface area contributed by atoms with Crippen LogP contribution < -0.4 is 10.2 Å². The highest BCUT2D eigenvalue weighted by Crippen LogP contribution is 2.34. The van der Waals surface area contributed by atoms with E-state index >= 15 is 0 Å². The minimum absolute atomic E-state index is 0.0316. The van der Waals surface area contributed by atoms with Crippen molar-refractivity contribution in [1.82, 2.24) is 4.90 Å². The van der Waals surface area contributed by atoms with Gasteiger partial charge in [0.05, 0.1) is 29.8 Å².